The largest absolute Gasteiger partial charge is 0.493 e. The molecule has 0 fully saturated rings. The maximum absolute atomic E-state index is 13.3. The number of hydrogen-bond acceptors (Lipinski definition) is 7. The van der Waals surface area contributed by atoms with Crippen LogP contribution in [0.5, 0.6) is 17.2 Å². The van der Waals surface area contributed by atoms with Crippen LogP contribution in [-0.2, 0) is 5.75 Å². The fourth-order valence-electron chi connectivity index (χ4n) is 3.62. The number of ether oxygens (including phenoxy) is 3. The molecule has 0 bridgehead atoms. The van der Waals surface area contributed by atoms with Gasteiger partial charge in [-0.2, -0.15) is 0 Å². The summed E-state index contributed by atoms with van der Waals surface area (Å²) < 4.78 is 31.9. The zero-order valence-electron chi connectivity index (χ0n) is 20.3. The van der Waals surface area contributed by atoms with Crippen LogP contribution >= 0.6 is 11.8 Å². The predicted octanol–water partition coefficient (Wildman–Crippen LogP) is 5.46. The van der Waals surface area contributed by atoms with Gasteiger partial charge in [0.05, 0.1) is 21.3 Å². The lowest BCUT2D eigenvalue weighted by molar-refractivity contribution is 0.324. The van der Waals surface area contributed by atoms with Crippen LogP contribution in [0.2, 0.25) is 0 Å². The highest BCUT2D eigenvalue weighted by atomic mass is 32.2. The molecule has 1 heterocycles. The molecule has 0 aliphatic heterocycles. The lowest BCUT2D eigenvalue weighted by Gasteiger charge is -2.16. The molecule has 9 heteroatoms. The van der Waals surface area contributed by atoms with Crippen LogP contribution in [0, 0.1) is 5.82 Å². The molecule has 0 N–H and O–H groups in total. The Hall–Kier alpha value is -3.72. The molecule has 0 aliphatic rings. The van der Waals surface area contributed by atoms with Gasteiger partial charge in [-0.3, -0.25) is 4.57 Å². The van der Waals surface area contributed by atoms with Crippen LogP contribution in [0.3, 0.4) is 0 Å². The number of benzene rings is 3. The molecular weight excluding hydrogens is 467 g/mol. The van der Waals surface area contributed by atoms with Crippen molar-refractivity contribution >= 4 is 17.4 Å². The summed E-state index contributed by atoms with van der Waals surface area (Å²) in [6, 6.07) is 18.3. The van der Waals surface area contributed by atoms with E-state index < -0.39 is 0 Å². The first-order valence-electron chi connectivity index (χ1n) is 10.9. The maximum Gasteiger partial charge on any atom is 0.203 e. The summed E-state index contributed by atoms with van der Waals surface area (Å²) in [5, 5.41) is 9.72. The average molecular weight is 495 g/mol. The van der Waals surface area contributed by atoms with E-state index in [1.165, 1.54) is 23.9 Å². The van der Waals surface area contributed by atoms with Crippen molar-refractivity contribution in [3.8, 4) is 34.3 Å². The van der Waals surface area contributed by atoms with Crippen molar-refractivity contribution in [2.45, 2.75) is 10.9 Å². The number of rotatable bonds is 9. The molecule has 4 rings (SSSR count). The Balaban J connectivity index is 1.80. The lowest BCUT2D eigenvalue weighted by Crippen LogP contribution is -2.08. The smallest absolute Gasteiger partial charge is 0.203 e. The fourth-order valence-corrected chi connectivity index (χ4v) is 4.53. The second-order valence-electron chi connectivity index (χ2n) is 7.88. The van der Waals surface area contributed by atoms with Gasteiger partial charge in [0.25, 0.3) is 0 Å². The number of methoxy groups -OCH3 is 3. The van der Waals surface area contributed by atoms with E-state index in [4.69, 9.17) is 14.2 Å². The fraction of sp³-hybridized carbons (Fsp3) is 0.231. The maximum atomic E-state index is 13.3. The molecule has 3 aromatic carbocycles. The monoisotopic (exact) mass is 494 g/mol. The average Bonchev–Trinajstić information content (AvgIpc) is 3.31. The third-order valence-electron chi connectivity index (χ3n) is 5.46. The minimum absolute atomic E-state index is 0.257. The van der Waals surface area contributed by atoms with Crippen LogP contribution in [0.1, 0.15) is 5.56 Å². The Kier molecular flexibility index (Phi) is 7.45. The quantitative estimate of drug-likeness (QED) is 0.287. The summed E-state index contributed by atoms with van der Waals surface area (Å²) in [7, 11) is 8.72. The molecular formula is C26H27FN4O3S. The van der Waals surface area contributed by atoms with Crippen LogP contribution in [0.4, 0.5) is 10.1 Å². The van der Waals surface area contributed by atoms with Gasteiger partial charge in [-0.25, -0.2) is 4.39 Å². The van der Waals surface area contributed by atoms with Crippen LogP contribution in [0.25, 0.3) is 17.1 Å². The molecule has 0 spiro atoms. The van der Waals surface area contributed by atoms with Gasteiger partial charge in [0.2, 0.25) is 5.75 Å². The highest BCUT2D eigenvalue weighted by molar-refractivity contribution is 7.98. The summed E-state index contributed by atoms with van der Waals surface area (Å²) in [4.78, 5) is 2.04. The Morgan fingerprint density at radius 1 is 0.857 bits per heavy atom. The first kappa shape index (κ1) is 24.4. The van der Waals surface area contributed by atoms with E-state index in [0.29, 0.717) is 34.0 Å². The number of nitrogens with zero attached hydrogens (tertiary/aromatic N) is 4. The zero-order valence-corrected chi connectivity index (χ0v) is 21.1. The van der Waals surface area contributed by atoms with E-state index in [1.54, 1.807) is 33.5 Å². The standard InChI is InChI=1S/C26H27FN4O3S/c1-30(2)20-10-12-21(13-11-20)31-25(18-14-22(32-3)24(34-5)23(15-18)33-4)28-29-26(31)35-16-17-6-8-19(27)9-7-17/h6-15H,16H2,1-5H3. The SMILES string of the molecule is COc1cc(-c2nnc(SCc3ccc(F)cc3)n2-c2ccc(N(C)C)cc2)cc(OC)c1OC. The Bertz CT molecular complexity index is 1270. The van der Waals surface area contributed by atoms with Gasteiger partial charge in [0, 0.05) is 36.8 Å². The molecule has 0 amide bonds. The molecule has 0 aliphatic carbocycles. The summed E-state index contributed by atoms with van der Waals surface area (Å²) in [5.74, 6) is 2.55. The zero-order chi connectivity index (χ0) is 24.9. The van der Waals surface area contributed by atoms with Crippen molar-refractivity contribution in [2.24, 2.45) is 0 Å². The molecule has 0 saturated carbocycles. The third kappa shape index (κ3) is 5.19. The first-order chi connectivity index (χ1) is 16.9. The summed E-state index contributed by atoms with van der Waals surface area (Å²) >= 11 is 1.52. The Morgan fingerprint density at radius 2 is 1.49 bits per heavy atom. The second-order valence-corrected chi connectivity index (χ2v) is 8.82. The van der Waals surface area contributed by atoms with E-state index >= 15 is 0 Å². The second kappa shape index (κ2) is 10.7. The van der Waals surface area contributed by atoms with E-state index in [9.17, 15) is 4.39 Å². The molecule has 0 saturated heterocycles. The van der Waals surface area contributed by atoms with E-state index in [2.05, 4.69) is 10.2 Å². The van der Waals surface area contributed by atoms with Gasteiger partial charge < -0.3 is 19.1 Å². The van der Waals surface area contributed by atoms with Crippen molar-refractivity contribution in [1.29, 1.82) is 0 Å². The number of hydrogen-bond donors (Lipinski definition) is 0. The number of aromatic nitrogens is 3. The van der Waals surface area contributed by atoms with Gasteiger partial charge in [-0.1, -0.05) is 23.9 Å². The number of anilines is 1. The normalized spacial score (nSPS) is 10.8. The molecule has 7 nitrogen and oxygen atoms in total. The van der Waals surface area contributed by atoms with Crippen LogP contribution in [0.15, 0.2) is 65.8 Å². The highest BCUT2D eigenvalue weighted by Gasteiger charge is 2.21. The van der Waals surface area contributed by atoms with Gasteiger partial charge in [0.15, 0.2) is 22.5 Å². The number of halogens is 1. The highest BCUT2D eigenvalue weighted by Crippen LogP contribution is 2.42. The van der Waals surface area contributed by atoms with E-state index in [0.717, 1.165) is 22.5 Å². The molecule has 182 valence electrons. The summed E-state index contributed by atoms with van der Waals surface area (Å²) in [6.07, 6.45) is 0. The van der Waals surface area contributed by atoms with Crippen molar-refractivity contribution in [3.05, 3.63) is 72.0 Å². The first-order valence-corrected chi connectivity index (χ1v) is 11.8. The molecule has 4 aromatic rings. The van der Waals surface area contributed by atoms with Gasteiger partial charge in [-0.05, 0) is 54.1 Å². The summed E-state index contributed by atoms with van der Waals surface area (Å²) in [5.41, 5.74) is 3.74. The van der Waals surface area contributed by atoms with Crippen LogP contribution < -0.4 is 19.1 Å². The predicted molar refractivity (Wildman–Crippen MR) is 137 cm³/mol. The van der Waals surface area contributed by atoms with Crippen LogP contribution in [-0.4, -0.2) is 50.2 Å². The topological polar surface area (TPSA) is 61.6 Å². The Labute approximate surface area is 208 Å². The molecule has 0 atom stereocenters. The minimum Gasteiger partial charge on any atom is -0.493 e. The van der Waals surface area contributed by atoms with Gasteiger partial charge in [0.1, 0.15) is 5.82 Å². The van der Waals surface area contributed by atoms with Gasteiger partial charge >= 0.3 is 0 Å². The van der Waals surface area contributed by atoms with E-state index in [-0.39, 0.29) is 5.82 Å². The van der Waals surface area contributed by atoms with Crippen molar-refractivity contribution in [3.63, 3.8) is 0 Å². The summed E-state index contributed by atoms with van der Waals surface area (Å²) in [6.45, 7) is 0. The van der Waals surface area contributed by atoms with Crippen molar-refractivity contribution < 1.29 is 18.6 Å². The Morgan fingerprint density at radius 3 is 2.03 bits per heavy atom. The number of thioether (sulfide) groups is 1. The van der Waals surface area contributed by atoms with Gasteiger partial charge in [-0.15, -0.1) is 10.2 Å². The molecule has 0 unspecified atom stereocenters. The third-order valence-corrected chi connectivity index (χ3v) is 6.46. The van der Waals surface area contributed by atoms with Crippen molar-refractivity contribution in [1.82, 2.24) is 14.8 Å². The lowest BCUT2D eigenvalue weighted by atomic mass is 10.1. The minimum atomic E-state index is -0.257. The van der Waals surface area contributed by atoms with E-state index in [1.807, 2.05) is 60.0 Å². The molecule has 1 aromatic heterocycles. The molecule has 0 radical (unpaired) electrons. The molecule has 35 heavy (non-hydrogen) atoms. The van der Waals surface area contributed by atoms with Crippen molar-refractivity contribution in [2.75, 3.05) is 40.3 Å².